The van der Waals surface area contributed by atoms with Gasteiger partial charge >= 0.3 is 11.9 Å². The van der Waals surface area contributed by atoms with Crippen LogP contribution in [0.1, 0.15) is 61.3 Å². The Balaban J connectivity index is 3.11. The molecular formula is C17H28O4. The lowest BCUT2D eigenvalue weighted by atomic mass is 9.84. The third-order valence-corrected chi connectivity index (χ3v) is 3.46. The maximum atomic E-state index is 12.6. The molecule has 0 aliphatic heterocycles. The molecule has 120 valence electrons. The highest BCUT2D eigenvalue weighted by Gasteiger charge is 2.55. The van der Waals surface area contributed by atoms with E-state index in [1.165, 1.54) is 0 Å². The first kappa shape index (κ1) is 17.7. The van der Waals surface area contributed by atoms with Crippen LogP contribution in [0.25, 0.3) is 0 Å². The first-order valence-electron chi connectivity index (χ1n) is 7.41. The molecule has 0 heterocycles. The van der Waals surface area contributed by atoms with Gasteiger partial charge in [-0.3, -0.25) is 9.59 Å². The molecule has 4 heteroatoms. The third kappa shape index (κ3) is 4.32. The van der Waals surface area contributed by atoms with Crippen LogP contribution in [-0.4, -0.2) is 23.1 Å². The van der Waals surface area contributed by atoms with Gasteiger partial charge in [0.1, 0.15) is 11.2 Å². The lowest BCUT2D eigenvalue weighted by Crippen LogP contribution is -2.45. The number of rotatable bonds is 2. The van der Waals surface area contributed by atoms with Gasteiger partial charge in [0.05, 0.1) is 0 Å². The van der Waals surface area contributed by atoms with Crippen molar-refractivity contribution in [2.75, 3.05) is 0 Å². The normalized spacial score (nSPS) is 22.0. The van der Waals surface area contributed by atoms with Crippen LogP contribution in [0, 0.1) is 11.3 Å². The van der Waals surface area contributed by atoms with Crippen LogP contribution in [0.3, 0.4) is 0 Å². The largest absolute Gasteiger partial charge is 0.459 e. The standard InChI is InChI=1S/C17H28O4/c1-11-9-17(10-12(11)2,13(18)20-15(3,4)5)14(19)21-16(6,7)8/h12H,1,9-10H2,2-8H3. The van der Waals surface area contributed by atoms with Gasteiger partial charge in [0, 0.05) is 0 Å². The van der Waals surface area contributed by atoms with Crippen LogP contribution >= 0.6 is 0 Å². The molecule has 0 saturated heterocycles. The monoisotopic (exact) mass is 296 g/mol. The Morgan fingerprint density at radius 2 is 1.43 bits per heavy atom. The van der Waals surface area contributed by atoms with Crippen molar-refractivity contribution in [1.82, 2.24) is 0 Å². The second-order valence-electron chi connectivity index (χ2n) is 8.03. The predicted octanol–water partition coefficient (Wildman–Crippen LogP) is 3.64. The molecule has 0 aromatic carbocycles. The molecule has 0 radical (unpaired) electrons. The van der Waals surface area contributed by atoms with Gasteiger partial charge in [-0.2, -0.15) is 0 Å². The molecule has 0 N–H and O–H groups in total. The summed E-state index contributed by atoms with van der Waals surface area (Å²) in [6, 6.07) is 0. The second-order valence-corrected chi connectivity index (χ2v) is 8.03. The number of carbonyl (C=O) groups is 2. The average molecular weight is 296 g/mol. The zero-order chi connectivity index (χ0) is 16.6. The summed E-state index contributed by atoms with van der Waals surface area (Å²) in [7, 11) is 0. The minimum Gasteiger partial charge on any atom is -0.459 e. The van der Waals surface area contributed by atoms with Crippen molar-refractivity contribution in [3.8, 4) is 0 Å². The van der Waals surface area contributed by atoms with Gasteiger partial charge in [-0.05, 0) is 60.3 Å². The molecule has 21 heavy (non-hydrogen) atoms. The molecule has 1 unspecified atom stereocenters. The average Bonchev–Trinajstić information content (AvgIpc) is 2.51. The first-order valence-corrected chi connectivity index (χ1v) is 7.41. The Morgan fingerprint density at radius 1 is 1.05 bits per heavy atom. The van der Waals surface area contributed by atoms with Gasteiger partial charge < -0.3 is 9.47 Å². The minimum atomic E-state index is -1.25. The summed E-state index contributed by atoms with van der Waals surface area (Å²) >= 11 is 0. The molecule has 1 fully saturated rings. The Kier molecular flexibility index (Phi) is 4.62. The summed E-state index contributed by atoms with van der Waals surface area (Å²) in [4.78, 5) is 25.3. The molecule has 1 saturated carbocycles. The van der Waals surface area contributed by atoms with Crippen LogP contribution in [-0.2, 0) is 19.1 Å². The molecule has 1 rings (SSSR count). The highest BCUT2D eigenvalue weighted by molar-refractivity contribution is 6.01. The minimum absolute atomic E-state index is 0.102. The Labute approximate surface area is 127 Å². The van der Waals surface area contributed by atoms with Gasteiger partial charge in [-0.25, -0.2) is 0 Å². The maximum Gasteiger partial charge on any atom is 0.324 e. The fourth-order valence-electron chi connectivity index (χ4n) is 2.45. The number of hydrogen-bond acceptors (Lipinski definition) is 4. The van der Waals surface area contributed by atoms with Crippen LogP contribution < -0.4 is 0 Å². The van der Waals surface area contributed by atoms with E-state index >= 15 is 0 Å². The van der Waals surface area contributed by atoms with Crippen molar-refractivity contribution >= 4 is 11.9 Å². The summed E-state index contributed by atoms with van der Waals surface area (Å²) in [6.45, 7) is 16.7. The van der Waals surface area contributed by atoms with Gasteiger partial charge in [0.15, 0.2) is 5.41 Å². The molecule has 0 spiro atoms. The van der Waals surface area contributed by atoms with Gasteiger partial charge in [0.25, 0.3) is 0 Å². The SMILES string of the molecule is C=C1CC(C(=O)OC(C)(C)C)(C(=O)OC(C)(C)C)CC1C. The topological polar surface area (TPSA) is 52.6 Å². The van der Waals surface area contributed by atoms with Gasteiger partial charge in [-0.1, -0.05) is 19.1 Å². The third-order valence-electron chi connectivity index (χ3n) is 3.46. The molecular weight excluding hydrogens is 268 g/mol. The fraction of sp³-hybridized carbons (Fsp3) is 0.765. The van der Waals surface area contributed by atoms with E-state index in [1.54, 1.807) is 41.5 Å². The van der Waals surface area contributed by atoms with Crippen molar-refractivity contribution in [3.05, 3.63) is 12.2 Å². The molecule has 0 aromatic rings. The number of esters is 2. The number of carbonyl (C=O) groups excluding carboxylic acids is 2. The summed E-state index contributed by atoms with van der Waals surface area (Å²) in [5.41, 5.74) is -1.64. The van der Waals surface area contributed by atoms with E-state index in [-0.39, 0.29) is 5.92 Å². The summed E-state index contributed by atoms with van der Waals surface area (Å²) in [5.74, 6) is -0.908. The zero-order valence-corrected chi connectivity index (χ0v) is 14.3. The van der Waals surface area contributed by atoms with Crippen LogP contribution in [0.5, 0.6) is 0 Å². The van der Waals surface area contributed by atoms with E-state index in [0.717, 1.165) is 5.57 Å². The Morgan fingerprint density at radius 3 is 1.67 bits per heavy atom. The maximum absolute atomic E-state index is 12.6. The molecule has 1 aliphatic carbocycles. The Bertz CT molecular complexity index is 420. The van der Waals surface area contributed by atoms with E-state index in [4.69, 9.17) is 9.47 Å². The van der Waals surface area contributed by atoms with Crippen LogP contribution in [0.4, 0.5) is 0 Å². The predicted molar refractivity (Wildman–Crippen MR) is 81.7 cm³/mol. The second kappa shape index (κ2) is 5.47. The molecule has 0 bridgehead atoms. The van der Waals surface area contributed by atoms with Crippen molar-refractivity contribution in [3.63, 3.8) is 0 Å². The van der Waals surface area contributed by atoms with Crippen LogP contribution in [0.2, 0.25) is 0 Å². The van der Waals surface area contributed by atoms with Gasteiger partial charge in [-0.15, -0.1) is 0 Å². The highest BCUT2D eigenvalue weighted by Crippen LogP contribution is 2.47. The molecule has 0 amide bonds. The van der Waals surface area contributed by atoms with E-state index in [1.807, 2.05) is 6.92 Å². The summed E-state index contributed by atoms with van der Waals surface area (Å²) in [6.07, 6.45) is 0.702. The molecule has 1 atom stereocenters. The van der Waals surface area contributed by atoms with E-state index < -0.39 is 28.6 Å². The van der Waals surface area contributed by atoms with E-state index in [9.17, 15) is 9.59 Å². The highest BCUT2D eigenvalue weighted by atomic mass is 16.6. The Hall–Kier alpha value is -1.32. The van der Waals surface area contributed by atoms with Crippen LogP contribution in [0.15, 0.2) is 12.2 Å². The summed E-state index contributed by atoms with van der Waals surface area (Å²) in [5, 5.41) is 0. The zero-order valence-electron chi connectivity index (χ0n) is 14.3. The van der Waals surface area contributed by atoms with E-state index in [2.05, 4.69) is 6.58 Å². The quantitative estimate of drug-likeness (QED) is 0.443. The number of ether oxygens (including phenoxy) is 2. The molecule has 4 nitrogen and oxygen atoms in total. The fourth-order valence-corrected chi connectivity index (χ4v) is 2.45. The van der Waals surface area contributed by atoms with Crippen molar-refractivity contribution in [2.45, 2.75) is 72.5 Å². The van der Waals surface area contributed by atoms with Crippen molar-refractivity contribution in [1.29, 1.82) is 0 Å². The molecule has 0 aromatic heterocycles. The van der Waals surface area contributed by atoms with Crippen molar-refractivity contribution in [2.24, 2.45) is 11.3 Å². The summed E-state index contributed by atoms with van der Waals surface area (Å²) < 4.78 is 11.0. The van der Waals surface area contributed by atoms with E-state index in [0.29, 0.717) is 12.8 Å². The smallest absolute Gasteiger partial charge is 0.324 e. The lowest BCUT2D eigenvalue weighted by Gasteiger charge is -2.32. The van der Waals surface area contributed by atoms with Crippen molar-refractivity contribution < 1.29 is 19.1 Å². The number of hydrogen-bond donors (Lipinski definition) is 0. The number of allylic oxidation sites excluding steroid dienone is 1. The molecule has 1 aliphatic rings. The van der Waals surface area contributed by atoms with Gasteiger partial charge in [0.2, 0.25) is 0 Å². The first-order chi connectivity index (χ1) is 9.27. The lowest BCUT2D eigenvalue weighted by molar-refractivity contribution is -0.185.